The molecule has 0 heterocycles. The third-order valence-electron chi connectivity index (χ3n) is 2.75. The third-order valence-corrected chi connectivity index (χ3v) is 4.99. The Morgan fingerprint density at radius 2 is 1.89 bits per heavy atom. The second kappa shape index (κ2) is 5.86. The fourth-order valence-corrected chi connectivity index (χ4v) is 3.83. The molecule has 0 aliphatic heterocycles. The molecule has 0 saturated heterocycles. The highest BCUT2D eigenvalue weighted by Crippen LogP contribution is 2.26. The lowest BCUT2D eigenvalue weighted by atomic mass is 10.1. The summed E-state index contributed by atoms with van der Waals surface area (Å²) in [7, 11) is -3.66. The molecule has 1 aromatic carbocycles. The predicted octanol–water partition coefficient (Wildman–Crippen LogP) is 2.15. The van der Waals surface area contributed by atoms with Crippen LogP contribution < -0.4 is 0 Å². The van der Waals surface area contributed by atoms with Crippen molar-refractivity contribution in [2.75, 3.05) is 6.54 Å². The summed E-state index contributed by atoms with van der Waals surface area (Å²) >= 11 is 0. The lowest BCUT2D eigenvalue weighted by Gasteiger charge is -2.34. The zero-order chi connectivity index (χ0) is 14.7. The molecular weight excluding hydrogens is 262 g/mol. The van der Waals surface area contributed by atoms with Crippen LogP contribution in [0.2, 0.25) is 0 Å². The average Bonchev–Trinajstić information content (AvgIpc) is 2.34. The molecule has 5 heteroatoms. The normalized spacial score (nSPS) is 12.7. The summed E-state index contributed by atoms with van der Waals surface area (Å²) in [5.74, 6) is 0. The minimum Gasteiger partial charge on any atom is -0.392 e. The van der Waals surface area contributed by atoms with E-state index in [4.69, 9.17) is 0 Å². The maximum Gasteiger partial charge on any atom is 0.244 e. The molecule has 0 spiro atoms. The minimum atomic E-state index is -3.66. The van der Waals surface area contributed by atoms with Crippen molar-refractivity contribution in [2.24, 2.45) is 0 Å². The van der Waals surface area contributed by atoms with E-state index in [2.05, 4.69) is 6.58 Å². The first-order valence-corrected chi connectivity index (χ1v) is 7.51. The van der Waals surface area contributed by atoms with Gasteiger partial charge in [-0.05, 0) is 32.4 Å². The number of aliphatic hydroxyl groups is 1. The molecular formula is C14H21NO3S. The van der Waals surface area contributed by atoms with Crippen molar-refractivity contribution >= 4 is 10.0 Å². The molecule has 0 amide bonds. The summed E-state index contributed by atoms with van der Waals surface area (Å²) in [4.78, 5) is 0.147. The summed E-state index contributed by atoms with van der Waals surface area (Å²) in [6, 6.07) is 6.49. The molecule has 0 fully saturated rings. The summed E-state index contributed by atoms with van der Waals surface area (Å²) in [6.07, 6.45) is 1.56. The van der Waals surface area contributed by atoms with Crippen LogP contribution in [0.5, 0.6) is 0 Å². The monoisotopic (exact) mass is 283 g/mol. The minimum absolute atomic E-state index is 0.147. The molecule has 19 heavy (non-hydrogen) atoms. The Morgan fingerprint density at radius 1 is 1.32 bits per heavy atom. The van der Waals surface area contributed by atoms with Crippen molar-refractivity contribution in [2.45, 2.75) is 37.8 Å². The molecule has 4 nitrogen and oxygen atoms in total. The van der Waals surface area contributed by atoms with Gasteiger partial charge in [0.25, 0.3) is 0 Å². The van der Waals surface area contributed by atoms with E-state index < -0.39 is 15.6 Å². The van der Waals surface area contributed by atoms with E-state index in [1.165, 1.54) is 10.4 Å². The van der Waals surface area contributed by atoms with Crippen LogP contribution in [0.15, 0.2) is 41.8 Å². The predicted molar refractivity (Wildman–Crippen MR) is 76.2 cm³/mol. The smallest absolute Gasteiger partial charge is 0.244 e. The molecule has 0 atom stereocenters. The van der Waals surface area contributed by atoms with Crippen LogP contribution in [0.3, 0.4) is 0 Å². The summed E-state index contributed by atoms with van der Waals surface area (Å²) < 4.78 is 26.8. The first-order chi connectivity index (χ1) is 8.75. The Labute approximate surface area is 115 Å². The lowest BCUT2D eigenvalue weighted by Crippen LogP contribution is -2.45. The molecule has 0 saturated carbocycles. The standard InChI is InChI=1S/C14H21NO3S/c1-5-10-15(14(2,3)4)19(17,18)13-9-7-6-8-12(13)11-16/h5-9,16H,1,10-11H2,2-4H3. The van der Waals surface area contributed by atoms with Gasteiger partial charge >= 0.3 is 0 Å². The molecule has 0 aliphatic rings. The van der Waals surface area contributed by atoms with Crippen LogP contribution in [-0.4, -0.2) is 29.9 Å². The molecule has 0 aromatic heterocycles. The van der Waals surface area contributed by atoms with Crippen LogP contribution >= 0.6 is 0 Å². The highest BCUT2D eigenvalue weighted by Gasteiger charge is 2.34. The van der Waals surface area contributed by atoms with Gasteiger partial charge in [-0.25, -0.2) is 8.42 Å². The number of hydrogen-bond acceptors (Lipinski definition) is 3. The van der Waals surface area contributed by atoms with Gasteiger partial charge in [0.05, 0.1) is 11.5 Å². The second-order valence-corrected chi connectivity index (χ2v) is 7.09. The summed E-state index contributed by atoms with van der Waals surface area (Å²) in [6.45, 7) is 9.02. The van der Waals surface area contributed by atoms with E-state index in [9.17, 15) is 13.5 Å². The average molecular weight is 283 g/mol. The van der Waals surface area contributed by atoms with Crippen LogP contribution in [-0.2, 0) is 16.6 Å². The van der Waals surface area contributed by atoms with E-state index in [0.29, 0.717) is 5.56 Å². The van der Waals surface area contributed by atoms with Crippen molar-refractivity contribution in [1.29, 1.82) is 0 Å². The zero-order valence-electron chi connectivity index (χ0n) is 11.6. The number of hydrogen-bond donors (Lipinski definition) is 1. The highest BCUT2D eigenvalue weighted by molar-refractivity contribution is 7.89. The molecule has 0 bridgehead atoms. The van der Waals surface area contributed by atoms with Gasteiger partial charge in [0, 0.05) is 12.1 Å². The quantitative estimate of drug-likeness (QED) is 0.842. The summed E-state index contributed by atoms with van der Waals surface area (Å²) in [5.41, 5.74) is -0.156. The Morgan fingerprint density at radius 3 is 2.37 bits per heavy atom. The number of benzene rings is 1. The van der Waals surface area contributed by atoms with Gasteiger partial charge in [-0.3, -0.25) is 0 Å². The Kier molecular flexibility index (Phi) is 4.90. The first-order valence-electron chi connectivity index (χ1n) is 6.07. The summed E-state index contributed by atoms with van der Waals surface area (Å²) in [5, 5.41) is 9.29. The Bertz CT molecular complexity index is 544. The second-order valence-electron chi connectivity index (χ2n) is 5.26. The fourth-order valence-electron chi connectivity index (χ4n) is 1.85. The van der Waals surface area contributed by atoms with Crippen LogP contribution in [0.1, 0.15) is 26.3 Å². The Balaban J connectivity index is 3.39. The van der Waals surface area contributed by atoms with Gasteiger partial charge in [-0.15, -0.1) is 6.58 Å². The van der Waals surface area contributed by atoms with Gasteiger partial charge < -0.3 is 5.11 Å². The molecule has 1 N–H and O–H groups in total. The van der Waals surface area contributed by atoms with Gasteiger partial charge in [-0.1, -0.05) is 24.3 Å². The molecule has 0 radical (unpaired) electrons. The van der Waals surface area contributed by atoms with E-state index in [0.717, 1.165) is 0 Å². The fraction of sp³-hybridized carbons (Fsp3) is 0.429. The van der Waals surface area contributed by atoms with E-state index >= 15 is 0 Å². The Hall–Kier alpha value is -1.17. The SMILES string of the molecule is C=CCN(C(C)(C)C)S(=O)(=O)c1ccccc1CO. The van der Waals surface area contributed by atoms with Crippen molar-refractivity contribution in [3.05, 3.63) is 42.5 Å². The molecule has 106 valence electrons. The largest absolute Gasteiger partial charge is 0.392 e. The van der Waals surface area contributed by atoms with Crippen molar-refractivity contribution in [3.63, 3.8) is 0 Å². The van der Waals surface area contributed by atoms with Crippen molar-refractivity contribution < 1.29 is 13.5 Å². The van der Waals surface area contributed by atoms with Crippen molar-refractivity contribution in [3.8, 4) is 0 Å². The number of nitrogens with zero attached hydrogens (tertiary/aromatic N) is 1. The number of rotatable bonds is 5. The first kappa shape index (κ1) is 15.9. The molecule has 0 unspecified atom stereocenters. The van der Waals surface area contributed by atoms with E-state index in [1.54, 1.807) is 24.3 Å². The molecule has 1 rings (SSSR count). The van der Waals surface area contributed by atoms with Gasteiger partial charge in [0.15, 0.2) is 0 Å². The van der Waals surface area contributed by atoms with Crippen molar-refractivity contribution in [1.82, 2.24) is 4.31 Å². The van der Waals surface area contributed by atoms with Gasteiger partial charge in [0.1, 0.15) is 0 Å². The van der Waals surface area contributed by atoms with E-state index in [1.807, 2.05) is 20.8 Å². The van der Waals surface area contributed by atoms with Crippen LogP contribution in [0.4, 0.5) is 0 Å². The highest BCUT2D eigenvalue weighted by atomic mass is 32.2. The van der Waals surface area contributed by atoms with E-state index in [-0.39, 0.29) is 18.0 Å². The maximum atomic E-state index is 12.7. The molecule has 1 aromatic rings. The number of aliphatic hydroxyl groups excluding tert-OH is 1. The van der Waals surface area contributed by atoms with Crippen LogP contribution in [0.25, 0.3) is 0 Å². The van der Waals surface area contributed by atoms with Gasteiger partial charge in [0.2, 0.25) is 10.0 Å². The topological polar surface area (TPSA) is 57.6 Å². The maximum absolute atomic E-state index is 12.7. The zero-order valence-corrected chi connectivity index (χ0v) is 12.4. The molecule has 0 aliphatic carbocycles. The van der Waals surface area contributed by atoms with Gasteiger partial charge in [-0.2, -0.15) is 4.31 Å². The van der Waals surface area contributed by atoms with Crippen LogP contribution in [0, 0.1) is 0 Å². The lowest BCUT2D eigenvalue weighted by molar-refractivity contribution is 0.264. The number of sulfonamides is 1. The third kappa shape index (κ3) is 3.43.